The standard InChI is InChI=1S/C19H18FN3O3S/c1-2-26-15-10-16(27-18(15)19(24)25)14-9-17(23-11-22-14)21-8-7-12-5-3-4-6-13(12)20/h3-6,9-11H,2,7-8H2,1H3,(H,24,25)(H,21,22,23). The SMILES string of the molecule is CCOc1cc(-c2cc(NCCc3ccccc3F)ncn2)sc1C(=O)O. The zero-order valence-corrected chi connectivity index (χ0v) is 15.4. The molecule has 0 saturated carbocycles. The van der Waals surface area contributed by atoms with Gasteiger partial charge in [-0.05, 0) is 25.0 Å². The van der Waals surface area contributed by atoms with Crippen LogP contribution in [0.1, 0.15) is 22.2 Å². The lowest BCUT2D eigenvalue weighted by Gasteiger charge is -2.07. The molecule has 140 valence electrons. The Morgan fingerprint density at radius 1 is 1.30 bits per heavy atom. The van der Waals surface area contributed by atoms with Crippen molar-refractivity contribution >= 4 is 23.1 Å². The molecule has 2 heterocycles. The maximum absolute atomic E-state index is 13.7. The van der Waals surface area contributed by atoms with Crippen molar-refractivity contribution in [2.24, 2.45) is 0 Å². The van der Waals surface area contributed by atoms with Crippen LogP contribution in [-0.2, 0) is 6.42 Å². The first kappa shape index (κ1) is 18.8. The predicted molar refractivity (Wildman–Crippen MR) is 102 cm³/mol. The van der Waals surface area contributed by atoms with Crippen LogP contribution in [0.15, 0.2) is 42.7 Å². The topological polar surface area (TPSA) is 84.3 Å². The van der Waals surface area contributed by atoms with Gasteiger partial charge >= 0.3 is 5.97 Å². The monoisotopic (exact) mass is 387 g/mol. The van der Waals surface area contributed by atoms with Crippen molar-refractivity contribution in [3.8, 4) is 16.3 Å². The second-order valence-electron chi connectivity index (χ2n) is 5.60. The number of thiophene rings is 1. The van der Waals surface area contributed by atoms with Crippen molar-refractivity contribution in [2.45, 2.75) is 13.3 Å². The summed E-state index contributed by atoms with van der Waals surface area (Å²) in [4.78, 5) is 20.6. The largest absolute Gasteiger partial charge is 0.492 e. The summed E-state index contributed by atoms with van der Waals surface area (Å²) in [6.07, 6.45) is 1.92. The molecule has 2 aromatic heterocycles. The predicted octanol–water partition coefficient (Wildman–Crippen LogP) is 4.10. The molecule has 0 saturated heterocycles. The van der Waals surface area contributed by atoms with Crippen LogP contribution in [0.3, 0.4) is 0 Å². The molecule has 27 heavy (non-hydrogen) atoms. The minimum atomic E-state index is -1.04. The van der Waals surface area contributed by atoms with Gasteiger partial charge in [0.15, 0.2) is 4.88 Å². The van der Waals surface area contributed by atoms with E-state index in [-0.39, 0.29) is 10.7 Å². The van der Waals surface area contributed by atoms with Crippen molar-refractivity contribution in [2.75, 3.05) is 18.5 Å². The minimum Gasteiger partial charge on any atom is -0.492 e. The first-order valence-electron chi connectivity index (χ1n) is 8.38. The van der Waals surface area contributed by atoms with Crippen molar-refractivity contribution in [1.82, 2.24) is 9.97 Å². The number of carboxylic acids is 1. The van der Waals surface area contributed by atoms with Crippen molar-refractivity contribution in [3.05, 3.63) is 59.0 Å². The maximum atomic E-state index is 13.7. The molecule has 2 N–H and O–H groups in total. The number of aromatic nitrogens is 2. The van der Waals surface area contributed by atoms with E-state index >= 15 is 0 Å². The highest BCUT2D eigenvalue weighted by atomic mass is 32.1. The van der Waals surface area contributed by atoms with Gasteiger partial charge < -0.3 is 15.2 Å². The van der Waals surface area contributed by atoms with Crippen LogP contribution in [0.4, 0.5) is 10.2 Å². The summed E-state index contributed by atoms with van der Waals surface area (Å²) >= 11 is 1.10. The van der Waals surface area contributed by atoms with E-state index in [1.165, 1.54) is 12.4 Å². The van der Waals surface area contributed by atoms with Gasteiger partial charge in [0.1, 0.15) is 23.7 Å². The number of hydrogen-bond donors (Lipinski definition) is 2. The van der Waals surface area contributed by atoms with Gasteiger partial charge in [0.05, 0.1) is 17.2 Å². The Bertz CT molecular complexity index is 945. The Kier molecular flexibility index (Phi) is 5.97. The number of carbonyl (C=O) groups is 1. The van der Waals surface area contributed by atoms with Crippen LogP contribution >= 0.6 is 11.3 Å². The molecule has 0 radical (unpaired) electrons. The molecule has 0 aliphatic rings. The fraction of sp³-hybridized carbons (Fsp3) is 0.211. The second kappa shape index (κ2) is 8.59. The van der Waals surface area contributed by atoms with Crippen LogP contribution in [-0.4, -0.2) is 34.2 Å². The van der Waals surface area contributed by atoms with Crippen LogP contribution in [0.2, 0.25) is 0 Å². The molecular formula is C19H18FN3O3S. The number of aromatic carboxylic acids is 1. The van der Waals surface area contributed by atoms with E-state index in [0.717, 1.165) is 11.3 Å². The fourth-order valence-electron chi connectivity index (χ4n) is 2.53. The maximum Gasteiger partial charge on any atom is 0.349 e. The van der Waals surface area contributed by atoms with Gasteiger partial charge in [0.25, 0.3) is 0 Å². The summed E-state index contributed by atoms with van der Waals surface area (Å²) in [6.45, 7) is 2.68. The lowest BCUT2D eigenvalue weighted by atomic mass is 10.1. The minimum absolute atomic E-state index is 0.138. The third-order valence-corrected chi connectivity index (χ3v) is 4.90. The van der Waals surface area contributed by atoms with E-state index in [2.05, 4.69) is 15.3 Å². The van der Waals surface area contributed by atoms with Gasteiger partial charge in [-0.1, -0.05) is 18.2 Å². The number of anilines is 1. The summed E-state index contributed by atoms with van der Waals surface area (Å²) in [5.74, 6) is -0.352. The van der Waals surface area contributed by atoms with E-state index in [1.54, 1.807) is 37.3 Å². The van der Waals surface area contributed by atoms with E-state index in [4.69, 9.17) is 4.74 Å². The zero-order chi connectivity index (χ0) is 19.2. The molecule has 0 aliphatic carbocycles. The van der Waals surface area contributed by atoms with Crippen molar-refractivity contribution < 1.29 is 19.0 Å². The molecule has 8 heteroatoms. The average molecular weight is 387 g/mol. The van der Waals surface area contributed by atoms with E-state index in [1.807, 2.05) is 0 Å². The number of benzene rings is 1. The van der Waals surface area contributed by atoms with Gasteiger partial charge in [-0.25, -0.2) is 19.2 Å². The Hall–Kier alpha value is -3.00. The lowest BCUT2D eigenvalue weighted by molar-refractivity contribution is 0.0698. The normalized spacial score (nSPS) is 10.6. The zero-order valence-electron chi connectivity index (χ0n) is 14.6. The van der Waals surface area contributed by atoms with Crippen molar-refractivity contribution in [3.63, 3.8) is 0 Å². The van der Waals surface area contributed by atoms with E-state index < -0.39 is 5.97 Å². The summed E-state index contributed by atoms with van der Waals surface area (Å²) < 4.78 is 19.0. The van der Waals surface area contributed by atoms with Gasteiger partial charge in [-0.2, -0.15) is 0 Å². The number of hydrogen-bond acceptors (Lipinski definition) is 6. The molecule has 0 bridgehead atoms. The van der Waals surface area contributed by atoms with E-state index in [9.17, 15) is 14.3 Å². The molecule has 0 unspecified atom stereocenters. The fourth-order valence-corrected chi connectivity index (χ4v) is 3.44. The van der Waals surface area contributed by atoms with Crippen LogP contribution < -0.4 is 10.1 Å². The molecule has 0 aliphatic heterocycles. The average Bonchev–Trinajstić information content (AvgIpc) is 3.08. The van der Waals surface area contributed by atoms with Crippen LogP contribution in [0, 0.1) is 5.82 Å². The van der Waals surface area contributed by atoms with Crippen molar-refractivity contribution in [1.29, 1.82) is 0 Å². The first-order chi connectivity index (χ1) is 13.1. The Morgan fingerprint density at radius 3 is 2.85 bits per heavy atom. The Balaban J connectivity index is 1.73. The molecular weight excluding hydrogens is 369 g/mol. The molecule has 1 aromatic carbocycles. The summed E-state index contributed by atoms with van der Waals surface area (Å²) in [5, 5.41) is 12.4. The molecule has 0 atom stereocenters. The van der Waals surface area contributed by atoms with Crippen LogP contribution in [0.25, 0.3) is 10.6 Å². The van der Waals surface area contributed by atoms with Gasteiger partial charge in [0.2, 0.25) is 0 Å². The highest BCUT2D eigenvalue weighted by molar-refractivity contribution is 7.17. The number of nitrogens with one attached hydrogen (secondary N) is 1. The number of halogens is 1. The first-order valence-corrected chi connectivity index (χ1v) is 9.19. The Morgan fingerprint density at radius 2 is 2.11 bits per heavy atom. The number of rotatable bonds is 8. The Labute approximate surface area is 159 Å². The third kappa shape index (κ3) is 4.59. The van der Waals surface area contributed by atoms with Gasteiger partial charge in [0, 0.05) is 18.7 Å². The summed E-state index contributed by atoms with van der Waals surface area (Å²) in [5.41, 5.74) is 1.22. The molecule has 0 fully saturated rings. The second-order valence-corrected chi connectivity index (χ2v) is 6.65. The summed E-state index contributed by atoms with van der Waals surface area (Å²) in [6, 6.07) is 10.0. The van der Waals surface area contributed by atoms with Gasteiger partial charge in [-0.15, -0.1) is 11.3 Å². The highest BCUT2D eigenvalue weighted by Gasteiger charge is 2.18. The molecule has 3 aromatic rings. The number of nitrogens with zero attached hydrogens (tertiary/aromatic N) is 2. The highest BCUT2D eigenvalue weighted by Crippen LogP contribution is 2.36. The van der Waals surface area contributed by atoms with Gasteiger partial charge in [-0.3, -0.25) is 0 Å². The summed E-state index contributed by atoms with van der Waals surface area (Å²) in [7, 11) is 0. The molecule has 0 spiro atoms. The molecule has 6 nitrogen and oxygen atoms in total. The lowest BCUT2D eigenvalue weighted by Crippen LogP contribution is -2.07. The smallest absolute Gasteiger partial charge is 0.349 e. The molecule has 0 amide bonds. The van der Waals surface area contributed by atoms with Crippen LogP contribution in [0.5, 0.6) is 5.75 Å². The van der Waals surface area contributed by atoms with E-state index in [0.29, 0.717) is 47.3 Å². The number of ether oxygens (including phenoxy) is 1. The number of carboxylic acid groups (broad SMARTS) is 1. The third-order valence-electron chi connectivity index (χ3n) is 3.77. The quantitative estimate of drug-likeness (QED) is 0.605. The molecule has 3 rings (SSSR count).